The highest BCUT2D eigenvalue weighted by Crippen LogP contribution is 2.64. The molecule has 0 spiro atoms. The summed E-state index contributed by atoms with van der Waals surface area (Å²) in [5, 5.41) is 10.9. The summed E-state index contributed by atoms with van der Waals surface area (Å²) < 4.78 is 14.8. The molecule has 4 saturated carbocycles. The molecule has 4 aliphatic rings. The standard InChI is InChI=1S/C17H20BrFO/c18-14-3-1-2-13(15(14)19)16(20)17-7-10-4-11(8-17)6-12(5-10)9-17/h1-3,10-12,16,20H,4-9H2. The molecule has 1 aromatic rings. The number of hydrogen-bond acceptors (Lipinski definition) is 1. The Balaban J connectivity index is 1.71. The lowest BCUT2D eigenvalue weighted by molar-refractivity contribution is -0.123. The van der Waals surface area contributed by atoms with Gasteiger partial charge < -0.3 is 5.11 Å². The van der Waals surface area contributed by atoms with E-state index in [2.05, 4.69) is 15.9 Å². The van der Waals surface area contributed by atoms with Gasteiger partial charge in [0.05, 0.1) is 10.6 Å². The monoisotopic (exact) mass is 338 g/mol. The van der Waals surface area contributed by atoms with E-state index in [1.54, 1.807) is 12.1 Å². The van der Waals surface area contributed by atoms with Crippen molar-refractivity contribution in [3.05, 3.63) is 34.1 Å². The van der Waals surface area contributed by atoms with E-state index in [1.165, 1.54) is 19.3 Å². The minimum absolute atomic E-state index is 0.0591. The maximum atomic E-state index is 14.3. The van der Waals surface area contributed by atoms with Gasteiger partial charge in [0.25, 0.3) is 0 Å². The predicted octanol–water partition coefficient (Wildman–Crippen LogP) is 4.84. The second-order valence-electron chi connectivity index (χ2n) is 7.33. The van der Waals surface area contributed by atoms with Crippen LogP contribution in [0.2, 0.25) is 0 Å². The van der Waals surface area contributed by atoms with E-state index < -0.39 is 6.10 Å². The number of aliphatic hydroxyl groups is 1. The predicted molar refractivity (Wildman–Crippen MR) is 79.7 cm³/mol. The molecule has 1 N–H and O–H groups in total. The molecule has 4 fully saturated rings. The van der Waals surface area contributed by atoms with Gasteiger partial charge in [-0.05, 0) is 78.3 Å². The van der Waals surface area contributed by atoms with Gasteiger partial charge in [0, 0.05) is 11.0 Å². The minimum Gasteiger partial charge on any atom is -0.388 e. The Bertz CT molecular complexity index is 507. The Morgan fingerprint density at radius 1 is 1.10 bits per heavy atom. The maximum absolute atomic E-state index is 14.3. The molecule has 1 nitrogen and oxygen atoms in total. The van der Waals surface area contributed by atoms with E-state index in [-0.39, 0.29) is 11.2 Å². The highest BCUT2D eigenvalue weighted by atomic mass is 79.9. The van der Waals surface area contributed by atoms with Crippen LogP contribution in [-0.4, -0.2) is 5.11 Å². The quantitative estimate of drug-likeness (QED) is 0.818. The van der Waals surface area contributed by atoms with Crippen molar-refractivity contribution in [3.63, 3.8) is 0 Å². The Labute approximate surface area is 127 Å². The summed E-state index contributed by atoms with van der Waals surface area (Å²) in [4.78, 5) is 0. The maximum Gasteiger partial charge on any atom is 0.143 e. The third kappa shape index (κ3) is 1.89. The second kappa shape index (κ2) is 4.54. The largest absolute Gasteiger partial charge is 0.388 e. The fourth-order valence-electron chi connectivity index (χ4n) is 5.57. The first kappa shape index (κ1) is 13.3. The summed E-state index contributed by atoms with van der Waals surface area (Å²) >= 11 is 3.24. The van der Waals surface area contributed by atoms with E-state index in [4.69, 9.17) is 0 Å². The zero-order valence-electron chi connectivity index (χ0n) is 11.5. The SMILES string of the molecule is OC(c1cccc(Br)c1F)C12CC3CC(CC(C3)C1)C2. The third-order valence-corrected chi connectivity index (χ3v) is 6.55. The summed E-state index contributed by atoms with van der Waals surface area (Å²) in [7, 11) is 0. The van der Waals surface area contributed by atoms with E-state index in [0.717, 1.165) is 37.0 Å². The molecule has 0 amide bonds. The fraction of sp³-hybridized carbons (Fsp3) is 0.647. The molecular formula is C17H20BrFO. The minimum atomic E-state index is -0.645. The summed E-state index contributed by atoms with van der Waals surface area (Å²) in [6, 6.07) is 5.28. The molecule has 1 unspecified atom stereocenters. The van der Waals surface area contributed by atoms with Crippen molar-refractivity contribution < 1.29 is 9.50 Å². The zero-order valence-corrected chi connectivity index (χ0v) is 13.1. The molecule has 4 bridgehead atoms. The molecule has 0 aliphatic heterocycles. The Kier molecular flexibility index (Phi) is 3.01. The summed E-state index contributed by atoms with van der Waals surface area (Å²) in [6.07, 6.45) is 6.64. The Hall–Kier alpha value is -0.410. The molecule has 20 heavy (non-hydrogen) atoms. The van der Waals surface area contributed by atoms with Crippen LogP contribution in [0.5, 0.6) is 0 Å². The van der Waals surface area contributed by atoms with Gasteiger partial charge in [-0.3, -0.25) is 0 Å². The molecular weight excluding hydrogens is 319 g/mol. The smallest absolute Gasteiger partial charge is 0.143 e. The van der Waals surface area contributed by atoms with Crippen LogP contribution in [0, 0.1) is 29.0 Å². The Morgan fingerprint density at radius 3 is 2.20 bits per heavy atom. The van der Waals surface area contributed by atoms with E-state index in [9.17, 15) is 9.50 Å². The number of benzene rings is 1. The number of rotatable bonds is 2. The van der Waals surface area contributed by atoms with Crippen molar-refractivity contribution in [2.24, 2.45) is 23.2 Å². The van der Waals surface area contributed by atoms with E-state index >= 15 is 0 Å². The molecule has 0 radical (unpaired) electrons. The highest BCUT2D eigenvalue weighted by Gasteiger charge is 2.54. The fourth-order valence-corrected chi connectivity index (χ4v) is 5.96. The van der Waals surface area contributed by atoms with Crippen LogP contribution >= 0.6 is 15.9 Å². The lowest BCUT2D eigenvalue weighted by atomic mass is 9.47. The second-order valence-corrected chi connectivity index (χ2v) is 8.18. The van der Waals surface area contributed by atoms with Crippen molar-refractivity contribution >= 4 is 15.9 Å². The molecule has 3 heteroatoms. The van der Waals surface area contributed by atoms with Crippen molar-refractivity contribution in [2.45, 2.75) is 44.6 Å². The van der Waals surface area contributed by atoms with Gasteiger partial charge in [0.2, 0.25) is 0 Å². The lowest BCUT2D eigenvalue weighted by Crippen LogP contribution is -2.49. The van der Waals surface area contributed by atoms with Gasteiger partial charge in [0.1, 0.15) is 5.82 Å². The summed E-state index contributed by atoms with van der Waals surface area (Å²) in [5.41, 5.74) is 0.428. The summed E-state index contributed by atoms with van der Waals surface area (Å²) in [5.74, 6) is 2.03. The van der Waals surface area contributed by atoms with Crippen molar-refractivity contribution in [1.29, 1.82) is 0 Å². The molecule has 4 aliphatic carbocycles. The first-order chi connectivity index (χ1) is 9.57. The lowest BCUT2D eigenvalue weighted by Gasteiger charge is -2.58. The third-order valence-electron chi connectivity index (χ3n) is 5.94. The normalized spacial score (nSPS) is 40.0. The van der Waals surface area contributed by atoms with Crippen LogP contribution in [0.25, 0.3) is 0 Å². The van der Waals surface area contributed by atoms with Crippen molar-refractivity contribution in [2.75, 3.05) is 0 Å². The van der Waals surface area contributed by atoms with Gasteiger partial charge in [0.15, 0.2) is 0 Å². The number of hydrogen-bond donors (Lipinski definition) is 1. The average molecular weight is 339 g/mol. The number of aliphatic hydroxyl groups excluding tert-OH is 1. The highest BCUT2D eigenvalue weighted by molar-refractivity contribution is 9.10. The molecule has 1 atom stereocenters. The molecule has 5 rings (SSSR count). The van der Waals surface area contributed by atoms with Crippen LogP contribution in [0.3, 0.4) is 0 Å². The zero-order chi connectivity index (χ0) is 13.9. The van der Waals surface area contributed by atoms with Gasteiger partial charge in [-0.2, -0.15) is 0 Å². The molecule has 1 aromatic carbocycles. The van der Waals surface area contributed by atoms with Crippen LogP contribution in [0.4, 0.5) is 4.39 Å². The first-order valence-electron chi connectivity index (χ1n) is 7.69. The van der Waals surface area contributed by atoms with E-state index in [1.807, 2.05) is 6.07 Å². The van der Waals surface area contributed by atoms with Crippen LogP contribution in [-0.2, 0) is 0 Å². The topological polar surface area (TPSA) is 20.2 Å². The van der Waals surface area contributed by atoms with Gasteiger partial charge >= 0.3 is 0 Å². The van der Waals surface area contributed by atoms with Crippen LogP contribution in [0.15, 0.2) is 22.7 Å². The van der Waals surface area contributed by atoms with Gasteiger partial charge in [-0.1, -0.05) is 12.1 Å². The van der Waals surface area contributed by atoms with E-state index in [0.29, 0.717) is 10.0 Å². The summed E-state index contributed by atoms with van der Waals surface area (Å²) in [6.45, 7) is 0. The molecule has 0 saturated heterocycles. The molecule has 0 aromatic heterocycles. The Morgan fingerprint density at radius 2 is 1.65 bits per heavy atom. The van der Waals surface area contributed by atoms with Crippen LogP contribution in [0.1, 0.15) is 50.2 Å². The first-order valence-corrected chi connectivity index (χ1v) is 8.49. The number of halogens is 2. The van der Waals surface area contributed by atoms with Crippen molar-refractivity contribution in [1.82, 2.24) is 0 Å². The van der Waals surface area contributed by atoms with Gasteiger partial charge in [-0.15, -0.1) is 0 Å². The molecule has 108 valence electrons. The average Bonchev–Trinajstić information content (AvgIpc) is 2.39. The molecule has 0 heterocycles. The van der Waals surface area contributed by atoms with Crippen molar-refractivity contribution in [3.8, 4) is 0 Å². The van der Waals surface area contributed by atoms with Crippen LogP contribution < -0.4 is 0 Å². The van der Waals surface area contributed by atoms with Gasteiger partial charge in [-0.25, -0.2) is 4.39 Å².